The number of hydrogen-bond acceptors (Lipinski definition) is 8. The molecule has 1 saturated carbocycles. The second kappa shape index (κ2) is 14.5. The number of hydrogen-bond donors (Lipinski definition) is 1. The van der Waals surface area contributed by atoms with Gasteiger partial charge in [-0.05, 0) is 84.5 Å². The molecule has 0 aromatic heterocycles. The van der Waals surface area contributed by atoms with Crippen LogP contribution in [0, 0.1) is 40.9 Å². The maximum absolute atomic E-state index is 14.7. The van der Waals surface area contributed by atoms with Gasteiger partial charge in [0.25, 0.3) is 0 Å². The van der Waals surface area contributed by atoms with Gasteiger partial charge >= 0.3 is 5.97 Å². The van der Waals surface area contributed by atoms with Gasteiger partial charge in [-0.3, -0.25) is 19.2 Å². The first-order chi connectivity index (χ1) is 23.0. The Morgan fingerprint density at radius 2 is 1.63 bits per heavy atom. The number of carbonyl (C=O) groups excluding carboxylic acids is 4. The number of allylic oxidation sites excluding steroid dienone is 3. The number of aliphatic hydroxyl groups is 1. The van der Waals surface area contributed by atoms with Gasteiger partial charge in [-0.1, -0.05) is 63.3 Å². The summed E-state index contributed by atoms with van der Waals surface area (Å²) in [6, 6.07) is 0. The summed E-state index contributed by atoms with van der Waals surface area (Å²) >= 11 is 0. The van der Waals surface area contributed by atoms with Crippen LogP contribution in [0.15, 0.2) is 22.8 Å². The van der Waals surface area contributed by atoms with Gasteiger partial charge in [-0.15, -0.1) is 0 Å². The van der Waals surface area contributed by atoms with E-state index in [9.17, 15) is 24.3 Å². The summed E-state index contributed by atoms with van der Waals surface area (Å²) < 4.78 is 18.0. The predicted octanol–water partition coefficient (Wildman–Crippen LogP) is 7.29. The lowest BCUT2D eigenvalue weighted by Crippen LogP contribution is -2.54. The fourth-order valence-electron chi connectivity index (χ4n) is 9.55. The molecular weight excluding hydrogens is 620 g/mol. The molecule has 2 heterocycles. The molecule has 2 aliphatic heterocycles. The second-order valence-electron chi connectivity index (χ2n) is 17.4. The fourth-order valence-corrected chi connectivity index (χ4v) is 9.55. The number of Topliss-reactive ketones (excluding diaryl/α,β-unsaturated/α-hetero) is 3. The van der Waals surface area contributed by atoms with Crippen molar-refractivity contribution in [2.24, 2.45) is 40.9 Å². The Morgan fingerprint density at radius 1 is 0.918 bits per heavy atom. The molecule has 8 heteroatoms. The Labute approximate surface area is 294 Å². The van der Waals surface area contributed by atoms with Crippen molar-refractivity contribution >= 4 is 23.3 Å². The SMILES string of the molecule is COC(=O)[C@]12CC(=O)[C@H](C(C)C)CC(=O)[C@H](C)CCC[C@H](C)CC(=O)[C@H]1CC(C)=C1C[C@H](O)[C@]3(C)O[C@@H]3CC[C@]3(C)O[C@@H]3CCC(C)=C[C@@H]12. The van der Waals surface area contributed by atoms with Crippen LogP contribution in [0.25, 0.3) is 0 Å². The van der Waals surface area contributed by atoms with Gasteiger partial charge in [-0.25, -0.2) is 0 Å². The van der Waals surface area contributed by atoms with Crippen LogP contribution in [-0.2, 0) is 33.4 Å². The maximum atomic E-state index is 14.7. The highest BCUT2D eigenvalue weighted by molar-refractivity contribution is 5.97. The number of fused-ring (bicyclic) bond motifs is 5. The number of aliphatic hydroxyl groups excluding tert-OH is 1. The average Bonchev–Trinajstić information content (AvgIpc) is 3.92. The monoisotopic (exact) mass is 682 g/mol. The highest BCUT2D eigenvalue weighted by Crippen LogP contribution is 2.57. The molecule has 0 radical (unpaired) electrons. The lowest BCUT2D eigenvalue weighted by molar-refractivity contribution is -0.166. The minimum Gasteiger partial charge on any atom is -0.469 e. The van der Waals surface area contributed by atoms with Crippen molar-refractivity contribution < 1.29 is 38.5 Å². The van der Waals surface area contributed by atoms with E-state index in [1.54, 1.807) is 0 Å². The first-order valence-electron chi connectivity index (χ1n) is 19.0. The molecule has 274 valence electrons. The Morgan fingerprint density at radius 3 is 2.31 bits per heavy atom. The van der Waals surface area contributed by atoms with Crippen molar-refractivity contribution in [3.05, 3.63) is 22.8 Å². The molecule has 8 nitrogen and oxygen atoms in total. The van der Waals surface area contributed by atoms with E-state index in [4.69, 9.17) is 14.2 Å². The van der Waals surface area contributed by atoms with Gasteiger partial charge in [0.05, 0.1) is 36.4 Å². The highest BCUT2D eigenvalue weighted by Gasteiger charge is 2.62. The predicted molar refractivity (Wildman–Crippen MR) is 188 cm³/mol. The molecule has 0 aromatic carbocycles. The van der Waals surface area contributed by atoms with Gasteiger partial charge in [0.1, 0.15) is 23.0 Å². The first kappa shape index (κ1) is 38.1. The fraction of sp³-hybridized carbons (Fsp3) is 0.805. The summed E-state index contributed by atoms with van der Waals surface area (Å²) in [4.78, 5) is 57.4. The molecule has 3 fully saturated rings. The van der Waals surface area contributed by atoms with Gasteiger partial charge in [0, 0.05) is 42.9 Å². The molecule has 0 bridgehead atoms. The summed E-state index contributed by atoms with van der Waals surface area (Å²) in [6.45, 7) is 16.1. The number of epoxide rings is 2. The van der Waals surface area contributed by atoms with E-state index >= 15 is 0 Å². The minimum atomic E-state index is -1.52. The Hall–Kier alpha value is -2.16. The van der Waals surface area contributed by atoms with E-state index in [1.165, 1.54) is 7.11 Å². The molecule has 0 amide bonds. The van der Waals surface area contributed by atoms with Crippen molar-refractivity contribution in [1.29, 1.82) is 0 Å². The van der Waals surface area contributed by atoms with E-state index in [0.29, 0.717) is 12.8 Å². The van der Waals surface area contributed by atoms with Gasteiger partial charge in [-0.2, -0.15) is 0 Å². The number of ether oxygens (including phenoxy) is 3. The molecule has 0 unspecified atom stereocenters. The summed E-state index contributed by atoms with van der Waals surface area (Å²) in [5.74, 6) is -2.92. The van der Waals surface area contributed by atoms with Crippen LogP contribution < -0.4 is 0 Å². The smallest absolute Gasteiger partial charge is 0.313 e. The van der Waals surface area contributed by atoms with E-state index < -0.39 is 40.8 Å². The van der Waals surface area contributed by atoms with Gasteiger partial charge in [0.15, 0.2) is 0 Å². The zero-order chi connectivity index (χ0) is 36.1. The van der Waals surface area contributed by atoms with Crippen LogP contribution in [0.2, 0.25) is 0 Å². The third-order valence-corrected chi connectivity index (χ3v) is 13.3. The maximum Gasteiger partial charge on any atom is 0.313 e. The minimum absolute atomic E-state index is 0.0166. The highest BCUT2D eigenvalue weighted by atomic mass is 16.6. The third-order valence-electron chi connectivity index (χ3n) is 13.3. The Kier molecular flexibility index (Phi) is 11.2. The topological polar surface area (TPSA) is 123 Å². The molecule has 11 atom stereocenters. The molecule has 1 N–H and O–H groups in total. The van der Waals surface area contributed by atoms with E-state index in [0.717, 1.165) is 61.7 Å². The first-order valence-corrected chi connectivity index (χ1v) is 19.0. The summed E-state index contributed by atoms with van der Waals surface area (Å²) in [7, 11) is 1.34. The number of carbonyl (C=O) groups is 4. The summed E-state index contributed by atoms with van der Waals surface area (Å²) in [5, 5.41) is 11.8. The second-order valence-corrected chi connectivity index (χ2v) is 17.4. The zero-order valence-electron chi connectivity index (χ0n) is 31.6. The molecule has 0 aromatic rings. The lowest BCUT2D eigenvalue weighted by Gasteiger charge is -2.48. The Bertz CT molecular complexity index is 1380. The van der Waals surface area contributed by atoms with Crippen molar-refractivity contribution in [2.45, 2.75) is 162 Å². The van der Waals surface area contributed by atoms with Crippen molar-refractivity contribution in [2.75, 3.05) is 7.11 Å². The summed E-state index contributed by atoms with van der Waals surface area (Å²) in [6.07, 6.45) is 7.67. The standard InChI is InChI=1S/C41H62O8/c1-23(2)28-20-32(42)26(5)12-10-11-24(3)18-33(43)31-19-27(6)29-21-35(45)40(8)37(49-40)15-16-39(7)36(48-39)14-13-25(4)17-30(29)41(31,22-34(28)44)38(46)47-9/h17,23-24,26,28,30-31,35-37,45H,10-16,18-22H2,1-9H3/t24-,26+,28-,30-,31+,35-,36+,37+,39-,40-,41-/m0/s1. The number of ketones is 3. The van der Waals surface area contributed by atoms with Crippen molar-refractivity contribution in [3.8, 4) is 0 Å². The van der Waals surface area contributed by atoms with E-state index in [1.807, 2.05) is 34.6 Å². The van der Waals surface area contributed by atoms with Crippen LogP contribution in [0.1, 0.15) is 132 Å². The molecule has 2 saturated heterocycles. The number of rotatable bonds is 2. The Balaban J connectivity index is 1.68. The zero-order valence-corrected chi connectivity index (χ0v) is 31.6. The average molecular weight is 683 g/mol. The van der Waals surface area contributed by atoms with E-state index in [-0.39, 0.29) is 72.2 Å². The van der Waals surface area contributed by atoms with Crippen LogP contribution in [0.3, 0.4) is 0 Å². The third kappa shape index (κ3) is 7.58. The molecule has 49 heavy (non-hydrogen) atoms. The normalized spacial score (nSPS) is 42.8. The van der Waals surface area contributed by atoms with Gasteiger partial charge < -0.3 is 19.3 Å². The number of esters is 1. The van der Waals surface area contributed by atoms with Gasteiger partial charge in [0.2, 0.25) is 0 Å². The molecule has 0 spiro atoms. The van der Waals surface area contributed by atoms with Crippen LogP contribution in [0.5, 0.6) is 0 Å². The molecule has 5 rings (SSSR count). The van der Waals surface area contributed by atoms with Crippen LogP contribution >= 0.6 is 0 Å². The lowest BCUT2D eigenvalue weighted by atomic mass is 9.53. The quantitative estimate of drug-likeness (QED) is 0.183. The van der Waals surface area contributed by atoms with Crippen molar-refractivity contribution in [3.63, 3.8) is 0 Å². The van der Waals surface area contributed by atoms with Crippen LogP contribution in [0.4, 0.5) is 0 Å². The summed E-state index contributed by atoms with van der Waals surface area (Å²) in [5.41, 5.74) is 0.440. The number of methoxy groups -OCH3 is 1. The molecule has 3 aliphatic carbocycles. The van der Waals surface area contributed by atoms with E-state index in [2.05, 4.69) is 26.8 Å². The van der Waals surface area contributed by atoms with Crippen LogP contribution in [-0.4, -0.2) is 65.0 Å². The molecule has 5 aliphatic rings. The largest absolute Gasteiger partial charge is 0.469 e. The van der Waals surface area contributed by atoms with Crippen molar-refractivity contribution in [1.82, 2.24) is 0 Å². The molecular formula is C41H62O8.